The van der Waals surface area contributed by atoms with Crippen LogP contribution >= 0.6 is 22.9 Å². The smallest absolute Gasteiger partial charge is 0.257 e. The molecule has 0 bridgehead atoms. The summed E-state index contributed by atoms with van der Waals surface area (Å²) in [7, 11) is 0. The van der Waals surface area contributed by atoms with Crippen LogP contribution in [0.2, 0.25) is 5.02 Å². The van der Waals surface area contributed by atoms with Gasteiger partial charge in [0.25, 0.3) is 5.91 Å². The normalized spacial score (nSPS) is 15.9. The van der Waals surface area contributed by atoms with Crippen LogP contribution in [0.15, 0.2) is 41.1 Å². The minimum Gasteiger partial charge on any atom is -0.484 e. The Balaban J connectivity index is 1.31. The Hall–Kier alpha value is -1.56. The van der Waals surface area contributed by atoms with Crippen molar-refractivity contribution in [1.29, 1.82) is 0 Å². The van der Waals surface area contributed by atoms with Gasteiger partial charge in [-0.05, 0) is 78.5 Å². The molecule has 134 valence electrons. The minimum absolute atomic E-state index is 0.0403. The van der Waals surface area contributed by atoms with Crippen molar-refractivity contribution in [3.8, 4) is 5.75 Å². The van der Waals surface area contributed by atoms with E-state index in [1.54, 1.807) is 35.6 Å². The van der Waals surface area contributed by atoms with Gasteiger partial charge in [-0.3, -0.25) is 9.69 Å². The Morgan fingerprint density at radius 3 is 2.68 bits per heavy atom. The number of carbonyl (C=O) groups is 1. The zero-order valence-corrected chi connectivity index (χ0v) is 15.7. The second-order valence-electron chi connectivity index (χ2n) is 6.40. The van der Waals surface area contributed by atoms with Crippen LogP contribution in [0.1, 0.15) is 18.4 Å². The number of thiophene rings is 1. The first-order valence-corrected chi connectivity index (χ1v) is 9.89. The summed E-state index contributed by atoms with van der Waals surface area (Å²) in [6.45, 7) is 4.00. The third kappa shape index (κ3) is 6.03. The van der Waals surface area contributed by atoms with E-state index in [0.29, 0.717) is 16.7 Å². The quantitative estimate of drug-likeness (QED) is 0.796. The molecule has 25 heavy (non-hydrogen) atoms. The number of benzene rings is 1. The molecule has 0 radical (unpaired) electrons. The summed E-state index contributed by atoms with van der Waals surface area (Å²) in [5, 5.41) is 7.99. The van der Waals surface area contributed by atoms with Crippen LogP contribution in [0.5, 0.6) is 5.75 Å². The zero-order valence-electron chi connectivity index (χ0n) is 14.1. The predicted octanol–water partition coefficient (Wildman–Crippen LogP) is 3.81. The molecule has 6 heteroatoms. The van der Waals surface area contributed by atoms with Crippen molar-refractivity contribution in [2.45, 2.75) is 19.4 Å². The number of rotatable bonds is 7. The van der Waals surface area contributed by atoms with Crippen molar-refractivity contribution in [2.24, 2.45) is 5.92 Å². The van der Waals surface area contributed by atoms with E-state index in [9.17, 15) is 4.79 Å². The summed E-state index contributed by atoms with van der Waals surface area (Å²) in [4.78, 5) is 14.4. The van der Waals surface area contributed by atoms with Crippen LogP contribution in [0.25, 0.3) is 0 Å². The molecular weight excluding hydrogens is 356 g/mol. The summed E-state index contributed by atoms with van der Waals surface area (Å²) in [5.41, 5.74) is 1.40. The summed E-state index contributed by atoms with van der Waals surface area (Å²) in [6, 6.07) is 9.21. The summed E-state index contributed by atoms with van der Waals surface area (Å²) in [6.07, 6.45) is 2.25. The maximum absolute atomic E-state index is 11.9. The maximum atomic E-state index is 11.9. The average Bonchev–Trinajstić information content (AvgIpc) is 3.14. The molecule has 4 nitrogen and oxygen atoms in total. The van der Waals surface area contributed by atoms with Gasteiger partial charge in [0, 0.05) is 18.1 Å². The van der Waals surface area contributed by atoms with Crippen molar-refractivity contribution >= 4 is 28.8 Å². The van der Waals surface area contributed by atoms with E-state index in [1.165, 1.54) is 5.56 Å². The third-order valence-corrected chi connectivity index (χ3v) is 5.45. The molecule has 2 aromatic rings. The fourth-order valence-corrected chi connectivity index (χ4v) is 3.76. The zero-order chi connectivity index (χ0) is 17.5. The lowest BCUT2D eigenvalue weighted by molar-refractivity contribution is -0.123. The van der Waals surface area contributed by atoms with Gasteiger partial charge in [-0.15, -0.1) is 0 Å². The van der Waals surface area contributed by atoms with Gasteiger partial charge < -0.3 is 10.1 Å². The van der Waals surface area contributed by atoms with E-state index in [-0.39, 0.29) is 12.5 Å². The fourth-order valence-electron chi connectivity index (χ4n) is 2.98. The van der Waals surface area contributed by atoms with Crippen molar-refractivity contribution in [1.82, 2.24) is 10.2 Å². The molecule has 2 heterocycles. The van der Waals surface area contributed by atoms with Gasteiger partial charge in [-0.2, -0.15) is 11.3 Å². The summed E-state index contributed by atoms with van der Waals surface area (Å²) in [5.74, 6) is 1.13. The highest BCUT2D eigenvalue weighted by atomic mass is 35.5. The molecule has 0 saturated carbocycles. The second-order valence-corrected chi connectivity index (χ2v) is 7.61. The van der Waals surface area contributed by atoms with Gasteiger partial charge in [0.15, 0.2) is 6.61 Å². The summed E-state index contributed by atoms with van der Waals surface area (Å²) < 4.78 is 5.46. The Bertz CT molecular complexity index is 653. The molecule has 1 aromatic carbocycles. The van der Waals surface area contributed by atoms with Crippen LogP contribution in [-0.4, -0.2) is 37.0 Å². The molecule has 1 amide bonds. The summed E-state index contributed by atoms with van der Waals surface area (Å²) >= 11 is 7.57. The number of nitrogens with one attached hydrogen (secondary N) is 1. The number of halogens is 1. The van der Waals surface area contributed by atoms with Crippen LogP contribution < -0.4 is 10.1 Å². The number of piperidine rings is 1. The van der Waals surface area contributed by atoms with Crippen molar-refractivity contribution in [3.63, 3.8) is 0 Å². The lowest BCUT2D eigenvalue weighted by Crippen LogP contribution is -2.39. The molecule has 1 aliphatic heterocycles. The van der Waals surface area contributed by atoms with Gasteiger partial charge in [-0.25, -0.2) is 0 Å². The molecule has 1 saturated heterocycles. The number of carbonyl (C=O) groups excluding carboxylic acids is 1. The van der Waals surface area contributed by atoms with Crippen LogP contribution in [0.3, 0.4) is 0 Å². The lowest BCUT2D eigenvalue weighted by Gasteiger charge is -2.31. The third-order valence-electron chi connectivity index (χ3n) is 4.46. The van der Waals surface area contributed by atoms with Crippen LogP contribution in [0, 0.1) is 5.92 Å². The lowest BCUT2D eigenvalue weighted by atomic mass is 9.96. The number of hydrogen-bond acceptors (Lipinski definition) is 4. The molecule has 1 fully saturated rings. The Morgan fingerprint density at radius 1 is 1.24 bits per heavy atom. The standard InChI is InChI=1S/C19H23ClN2O2S/c20-17-1-3-18(4-2-17)24-13-19(23)21-11-15-5-8-22(9-6-15)12-16-7-10-25-14-16/h1-4,7,10,14-15H,5-6,8-9,11-13H2,(H,21,23). The number of ether oxygens (including phenoxy) is 1. The first kappa shape index (κ1) is 18.2. The molecule has 1 aliphatic rings. The van der Waals surface area contributed by atoms with E-state index in [4.69, 9.17) is 16.3 Å². The SMILES string of the molecule is O=C(COc1ccc(Cl)cc1)NCC1CCN(Cc2ccsc2)CC1. The first-order chi connectivity index (χ1) is 12.2. The first-order valence-electron chi connectivity index (χ1n) is 8.57. The number of likely N-dealkylation sites (tertiary alicyclic amines) is 1. The van der Waals surface area contributed by atoms with Gasteiger partial charge in [0.1, 0.15) is 5.75 Å². The number of nitrogens with zero attached hydrogens (tertiary/aromatic N) is 1. The van der Waals surface area contributed by atoms with Gasteiger partial charge in [0.2, 0.25) is 0 Å². The highest BCUT2D eigenvalue weighted by Crippen LogP contribution is 2.19. The topological polar surface area (TPSA) is 41.6 Å². The number of hydrogen-bond donors (Lipinski definition) is 1. The molecule has 0 spiro atoms. The van der Waals surface area contributed by atoms with Crippen LogP contribution in [-0.2, 0) is 11.3 Å². The van der Waals surface area contributed by atoms with E-state index < -0.39 is 0 Å². The van der Waals surface area contributed by atoms with Gasteiger partial charge >= 0.3 is 0 Å². The Labute approximate surface area is 157 Å². The molecule has 1 N–H and O–H groups in total. The minimum atomic E-state index is -0.0735. The molecule has 1 aromatic heterocycles. The van der Waals surface area contributed by atoms with Crippen molar-refractivity contribution in [2.75, 3.05) is 26.2 Å². The average molecular weight is 379 g/mol. The molecular formula is C19H23ClN2O2S. The van der Waals surface area contributed by atoms with Gasteiger partial charge in [-0.1, -0.05) is 11.6 Å². The Kier molecular flexibility index (Phi) is 6.73. The largest absolute Gasteiger partial charge is 0.484 e. The molecule has 3 rings (SSSR count). The predicted molar refractivity (Wildman–Crippen MR) is 102 cm³/mol. The van der Waals surface area contributed by atoms with Gasteiger partial charge in [0.05, 0.1) is 0 Å². The van der Waals surface area contributed by atoms with E-state index in [2.05, 4.69) is 27.0 Å². The maximum Gasteiger partial charge on any atom is 0.257 e. The highest BCUT2D eigenvalue weighted by Gasteiger charge is 2.19. The second kappa shape index (κ2) is 9.22. The molecule has 0 unspecified atom stereocenters. The molecule has 0 aliphatic carbocycles. The van der Waals surface area contributed by atoms with Crippen molar-refractivity contribution < 1.29 is 9.53 Å². The Morgan fingerprint density at radius 2 is 2.00 bits per heavy atom. The van der Waals surface area contributed by atoms with E-state index in [0.717, 1.165) is 39.0 Å². The monoisotopic (exact) mass is 378 g/mol. The van der Waals surface area contributed by atoms with Crippen LogP contribution in [0.4, 0.5) is 0 Å². The molecule has 0 atom stereocenters. The van der Waals surface area contributed by atoms with E-state index in [1.807, 2.05) is 0 Å². The van der Waals surface area contributed by atoms with Crippen molar-refractivity contribution in [3.05, 3.63) is 51.7 Å². The van der Waals surface area contributed by atoms with E-state index >= 15 is 0 Å². The highest BCUT2D eigenvalue weighted by molar-refractivity contribution is 7.07. The number of amides is 1. The fraction of sp³-hybridized carbons (Fsp3) is 0.421.